The number of hydrogen-bond acceptors (Lipinski definition) is 5. The Morgan fingerprint density at radius 1 is 1.07 bits per heavy atom. The molecule has 9 heteroatoms. The van der Waals surface area contributed by atoms with Gasteiger partial charge in [-0.3, -0.25) is 14.3 Å². The Hall–Kier alpha value is -4.63. The van der Waals surface area contributed by atoms with Crippen LogP contribution in [0.3, 0.4) is 0 Å². The lowest BCUT2D eigenvalue weighted by Gasteiger charge is -2.17. The summed E-state index contributed by atoms with van der Waals surface area (Å²) in [5.41, 5.74) is 4.91. The molecule has 40 heavy (non-hydrogen) atoms. The Morgan fingerprint density at radius 3 is 2.65 bits per heavy atom. The van der Waals surface area contributed by atoms with Crippen molar-refractivity contribution in [2.75, 3.05) is 31.6 Å². The number of aryl methyl sites for hydroxylation is 1. The summed E-state index contributed by atoms with van der Waals surface area (Å²) in [4.78, 5) is 34.0. The molecule has 3 aromatic heterocycles. The molecular weight excluding hydrogens is 504 g/mol. The number of nitrogens with zero attached hydrogens (tertiary/aromatic N) is 3. The molecule has 9 nitrogen and oxygen atoms in total. The van der Waals surface area contributed by atoms with Gasteiger partial charge in [-0.1, -0.05) is 43.7 Å². The summed E-state index contributed by atoms with van der Waals surface area (Å²) in [7, 11) is 0. The quantitative estimate of drug-likeness (QED) is 0.218. The third-order valence-corrected chi connectivity index (χ3v) is 6.97. The maximum atomic E-state index is 12.9. The van der Waals surface area contributed by atoms with E-state index in [1.165, 1.54) is 18.0 Å². The Morgan fingerprint density at radius 2 is 1.88 bits per heavy atom. The van der Waals surface area contributed by atoms with Gasteiger partial charge in [0.25, 0.3) is 11.5 Å². The molecule has 3 heterocycles. The summed E-state index contributed by atoms with van der Waals surface area (Å²) in [6, 6.07) is 17.6. The second-order valence-electron chi connectivity index (χ2n) is 9.80. The maximum Gasteiger partial charge on any atom is 0.258 e. The predicted octanol–water partition coefficient (Wildman–Crippen LogP) is 5.05. The zero-order valence-electron chi connectivity index (χ0n) is 23.0. The average Bonchev–Trinajstić information content (AvgIpc) is 3.60. The first kappa shape index (κ1) is 27.0. The van der Waals surface area contributed by atoms with E-state index in [0.29, 0.717) is 35.7 Å². The van der Waals surface area contributed by atoms with Gasteiger partial charge in [-0.05, 0) is 55.9 Å². The predicted molar refractivity (Wildman–Crippen MR) is 158 cm³/mol. The van der Waals surface area contributed by atoms with Crippen LogP contribution < -0.4 is 15.6 Å². The number of anilines is 1. The first-order valence-corrected chi connectivity index (χ1v) is 13.5. The highest BCUT2D eigenvalue weighted by atomic mass is 16.5. The van der Waals surface area contributed by atoms with Crippen LogP contribution in [0, 0.1) is 6.92 Å². The first-order valence-electron chi connectivity index (χ1n) is 13.5. The van der Waals surface area contributed by atoms with Crippen molar-refractivity contribution in [1.29, 1.82) is 0 Å². The van der Waals surface area contributed by atoms with Gasteiger partial charge in [0, 0.05) is 29.8 Å². The van der Waals surface area contributed by atoms with E-state index < -0.39 is 0 Å². The highest BCUT2D eigenvalue weighted by molar-refractivity contribution is 6.04. The Balaban J connectivity index is 1.28. The monoisotopic (exact) mass is 538 g/mol. The minimum atomic E-state index is -0.309. The number of fused-ring (bicyclic) bond motifs is 1. The number of aromatic amines is 2. The Labute approximate surface area is 232 Å². The van der Waals surface area contributed by atoms with Gasteiger partial charge >= 0.3 is 0 Å². The molecular formula is C31H34N6O3. The van der Waals surface area contributed by atoms with Gasteiger partial charge in [-0.15, -0.1) is 0 Å². The Kier molecular flexibility index (Phi) is 8.12. The molecule has 0 bridgehead atoms. The normalized spacial score (nSPS) is 11.3. The van der Waals surface area contributed by atoms with Crippen molar-refractivity contribution in [3.8, 4) is 17.0 Å². The molecule has 0 saturated carbocycles. The fraction of sp³-hybridized carbons (Fsp3) is 0.258. The molecule has 0 unspecified atom stereocenters. The molecule has 3 N–H and O–H groups in total. The highest BCUT2D eigenvalue weighted by Gasteiger charge is 2.13. The number of benzene rings is 2. The van der Waals surface area contributed by atoms with Crippen molar-refractivity contribution in [3.05, 3.63) is 100 Å². The number of likely N-dealkylation sites (N-methyl/N-ethyl adjacent to an activating group) is 1. The number of amides is 1. The number of carbonyl (C=O) groups is 1. The van der Waals surface area contributed by atoms with Crippen LogP contribution in [-0.4, -0.2) is 56.8 Å². The standard InChI is InChI=1S/C31H34N6O3/c1-4-36(5-2)12-13-40-26-10-11-28-23(14-26)15-29(35-28)27-16-25(18-32-31(27)39)34-30(38)24-17-33-37(20-24)19-22-8-6-21(3)7-9-22/h6-11,14-18,20,35H,4-5,12-13,19H2,1-3H3,(H,32,39)(H,34,38). The van der Waals surface area contributed by atoms with Crippen LogP contribution in [0.4, 0.5) is 5.69 Å². The summed E-state index contributed by atoms with van der Waals surface area (Å²) in [6.45, 7) is 10.3. The summed E-state index contributed by atoms with van der Waals surface area (Å²) >= 11 is 0. The van der Waals surface area contributed by atoms with Crippen LogP contribution in [0.1, 0.15) is 35.3 Å². The van der Waals surface area contributed by atoms with E-state index in [0.717, 1.165) is 41.9 Å². The molecule has 0 radical (unpaired) electrons. The third kappa shape index (κ3) is 6.32. The van der Waals surface area contributed by atoms with Gasteiger partial charge in [0.05, 0.1) is 35.2 Å². The second kappa shape index (κ2) is 12.0. The van der Waals surface area contributed by atoms with Crippen LogP contribution >= 0.6 is 0 Å². The lowest BCUT2D eigenvalue weighted by Crippen LogP contribution is -2.27. The van der Waals surface area contributed by atoms with E-state index in [4.69, 9.17) is 4.74 Å². The van der Waals surface area contributed by atoms with E-state index in [9.17, 15) is 9.59 Å². The third-order valence-electron chi connectivity index (χ3n) is 6.97. The molecule has 0 aliphatic heterocycles. The lowest BCUT2D eigenvalue weighted by molar-refractivity contribution is 0.102. The molecule has 0 spiro atoms. The van der Waals surface area contributed by atoms with E-state index in [1.807, 2.05) is 43.3 Å². The highest BCUT2D eigenvalue weighted by Crippen LogP contribution is 2.27. The average molecular weight is 539 g/mol. The summed E-state index contributed by atoms with van der Waals surface area (Å²) < 4.78 is 7.68. The Bertz CT molecular complexity index is 1660. The number of ether oxygens (including phenoxy) is 1. The molecule has 5 aromatic rings. The number of carbonyl (C=O) groups excluding carboxylic acids is 1. The topological polar surface area (TPSA) is 108 Å². The van der Waals surface area contributed by atoms with Crippen LogP contribution in [-0.2, 0) is 6.54 Å². The van der Waals surface area contributed by atoms with Gasteiger partial charge in [0.2, 0.25) is 0 Å². The van der Waals surface area contributed by atoms with E-state index >= 15 is 0 Å². The summed E-state index contributed by atoms with van der Waals surface area (Å²) in [6.07, 6.45) is 4.74. The van der Waals surface area contributed by atoms with Gasteiger partial charge in [0.15, 0.2) is 0 Å². The minimum Gasteiger partial charge on any atom is -0.492 e. The number of pyridine rings is 1. The van der Waals surface area contributed by atoms with Crippen molar-refractivity contribution < 1.29 is 9.53 Å². The SMILES string of the molecule is CCN(CC)CCOc1ccc2[nH]c(-c3cc(NC(=O)c4cnn(Cc5ccc(C)cc5)c4)c[nH]c3=O)cc2c1. The van der Waals surface area contributed by atoms with Gasteiger partial charge in [0.1, 0.15) is 12.4 Å². The molecule has 0 aliphatic rings. The summed E-state index contributed by atoms with van der Waals surface area (Å²) in [5, 5.41) is 8.12. The number of aromatic nitrogens is 4. The smallest absolute Gasteiger partial charge is 0.258 e. The van der Waals surface area contributed by atoms with Gasteiger partial charge in [-0.2, -0.15) is 5.10 Å². The molecule has 0 saturated heterocycles. The van der Waals surface area contributed by atoms with Crippen LogP contribution in [0.2, 0.25) is 0 Å². The number of hydrogen-bond donors (Lipinski definition) is 3. The molecule has 0 fully saturated rings. The molecule has 2 aromatic carbocycles. The first-order chi connectivity index (χ1) is 19.4. The maximum absolute atomic E-state index is 12.9. The molecule has 0 aliphatic carbocycles. The van der Waals surface area contributed by atoms with E-state index in [1.54, 1.807) is 16.9 Å². The zero-order valence-corrected chi connectivity index (χ0v) is 23.0. The molecule has 0 atom stereocenters. The van der Waals surface area contributed by atoms with Crippen LogP contribution in [0.25, 0.3) is 22.2 Å². The summed E-state index contributed by atoms with van der Waals surface area (Å²) in [5.74, 6) is 0.472. The second-order valence-corrected chi connectivity index (χ2v) is 9.80. The van der Waals surface area contributed by atoms with E-state index in [2.05, 4.69) is 51.3 Å². The minimum absolute atomic E-state index is 0.258. The van der Waals surface area contributed by atoms with Crippen LogP contribution in [0.15, 0.2) is 78.0 Å². The van der Waals surface area contributed by atoms with Crippen molar-refractivity contribution in [2.45, 2.75) is 27.3 Å². The van der Waals surface area contributed by atoms with Crippen molar-refractivity contribution in [3.63, 3.8) is 0 Å². The number of nitrogens with one attached hydrogen (secondary N) is 3. The molecule has 206 valence electrons. The lowest BCUT2D eigenvalue weighted by atomic mass is 10.1. The van der Waals surface area contributed by atoms with Crippen molar-refractivity contribution >= 4 is 22.5 Å². The van der Waals surface area contributed by atoms with E-state index in [-0.39, 0.29) is 11.5 Å². The number of H-pyrrole nitrogens is 2. The fourth-order valence-electron chi connectivity index (χ4n) is 4.59. The fourth-order valence-corrected chi connectivity index (χ4v) is 4.59. The molecule has 5 rings (SSSR count). The molecule has 1 amide bonds. The van der Waals surface area contributed by atoms with Gasteiger partial charge in [-0.25, -0.2) is 0 Å². The zero-order chi connectivity index (χ0) is 28.1. The van der Waals surface area contributed by atoms with Gasteiger partial charge < -0.3 is 24.9 Å². The largest absolute Gasteiger partial charge is 0.492 e. The van der Waals surface area contributed by atoms with Crippen LogP contribution in [0.5, 0.6) is 5.75 Å². The van der Waals surface area contributed by atoms with Crippen molar-refractivity contribution in [1.82, 2.24) is 24.6 Å². The number of rotatable bonds is 11. The van der Waals surface area contributed by atoms with Crippen molar-refractivity contribution in [2.24, 2.45) is 0 Å².